The molecule has 0 atom stereocenters. The maximum absolute atomic E-state index is 12.7. The number of halogens is 2. The van der Waals surface area contributed by atoms with Gasteiger partial charge in [0.15, 0.2) is 5.29 Å². The second kappa shape index (κ2) is 3.90. The lowest BCUT2D eigenvalue weighted by atomic mass is 10.1. The Morgan fingerprint density at radius 2 is 2.33 bits per heavy atom. The van der Waals surface area contributed by atoms with E-state index in [9.17, 15) is 4.39 Å². The van der Waals surface area contributed by atoms with Gasteiger partial charge >= 0.3 is 0 Å². The van der Waals surface area contributed by atoms with Crippen LogP contribution >= 0.6 is 11.6 Å². The van der Waals surface area contributed by atoms with Gasteiger partial charge in [-0.1, -0.05) is 23.3 Å². The Bertz CT molecular complexity index is 257. The molecule has 0 heterocycles. The van der Waals surface area contributed by atoms with E-state index in [-0.39, 0.29) is 0 Å². The first-order chi connectivity index (χ1) is 5.66. The Morgan fingerprint density at radius 3 is 2.83 bits per heavy atom. The molecule has 1 aliphatic carbocycles. The van der Waals surface area contributed by atoms with Crippen LogP contribution in [0.4, 0.5) is 4.39 Å². The largest absolute Gasteiger partial charge is 0.193 e. The summed E-state index contributed by atoms with van der Waals surface area (Å²) >= 11 is 5.32. The molecule has 0 nitrogen and oxygen atoms in total. The predicted octanol–water partition coefficient (Wildman–Crippen LogP) is 4.09. The van der Waals surface area contributed by atoms with E-state index in [0.717, 1.165) is 24.8 Å². The van der Waals surface area contributed by atoms with Crippen molar-refractivity contribution in [2.45, 2.75) is 26.2 Å². The normalized spacial score (nSPS) is 21.6. The molecule has 0 N–H and O–H groups in total. The molecule has 1 rings (SSSR count). The molecule has 0 spiro atoms. The van der Waals surface area contributed by atoms with Crippen molar-refractivity contribution in [1.82, 2.24) is 0 Å². The monoisotopic (exact) mass is 186 g/mol. The molecule has 0 fully saturated rings. The molecule has 0 amide bonds. The van der Waals surface area contributed by atoms with Crippen LogP contribution in [-0.4, -0.2) is 0 Å². The van der Waals surface area contributed by atoms with Gasteiger partial charge in [-0.2, -0.15) is 4.39 Å². The SMILES string of the molecule is C=CCC1=C(C)CCC1=C(F)Cl. The van der Waals surface area contributed by atoms with Gasteiger partial charge in [-0.25, -0.2) is 0 Å². The van der Waals surface area contributed by atoms with E-state index in [1.54, 1.807) is 6.08 Å². The second-order valence-electron chi connectivity index (χ2n) is 2.99. The van der Waals surface area contributed by atoms with Gasteiger partial charge in [-0.3, -0.25) is 0 Å². The Morgan fingerprint density at radius 1 is 1.67 bits per heavy atom. The van der Waals surface area contributed by atoms with Gasteiger partial charge in [-0.05, 0) is 31.8 Å². The number of allylic oxidation sites excluding steroid dienone is 4. The average Bonchev–Trinajstić information content (AvgIpc) is 2.34. The van der Waals surface area contributed by atoms with Crippen molar-refractivity contribution in [2.75, 3.05) is 0 Å². The summed E-state index contributed by atoms with van der Waals surface area (Å²) in [5.41, 5.74) is 2.95. The third-order valence-corrected chi connectivity index (χ3v) is 2.43. The van der Waals surface area contributed by atoms with Crippen molar-refractivity contribution in [3.63, 3.8) is 0 Å². The van der Waals surface area contributed by atoms with Crippen LogP contribution in [0.5, 0.6) is 0 Å². The van der Waals surface area contributed by atoms with E-state index in [1.807, 2.05) is 6.92 Å². The van der Waals surface area contributed by atoms with Gasteiger partial charge in [-0.15, -0.1) is 6.58 Å². The Hall–Kier alpha value is -0.560. The summed E-state index contributed by atoms with van der Waals surface area (Å²) in [4.78, 5) is 0. The van der Waals surface area contributed by atoms with Crippen molar-refractivity contribution < 1.29 is 4.39 Å². The summed E-state index contributed by atoms with van der Waals surface area (Å²) in [6, 6.07) is 0. The lowest BCUT2D eigenvalue weighted by Gasteiger charge is -2.02. The summed E-state index contributed by atoms with van der Waals surface area (Å²) in [6.07, 6.45) is 4.17. The molecule has 0 radical (unpaired) electrons. The molecule has 0 aromatic rings. The van der Waals surface area contributed by atoms with Crippen molar-refractivity contribution in [2.24, 2.45) is 0 Å². The Balaban J connectivity index is 2.97. The molecule has 2 heteroatoms. The van der Waals surface area contributed by atoms with Crippen molar-refractivity contribution >= 4 is 11.6 Å². The fraction of sp³-hybridized carbons (Fsp3) is 0.400. The topological polar surface area (TPSA) is 0 Å². The van der Waals surface area contributed by atoms with E-state index in [4.69, 9.17) is 11.6 Å². The summed E-state index contributed by atoms with van der Waals surface area (Å²) in [5, 5.41) is -0.552. The predicted molar refractivity (Wildman–Crippen MR) is 50.7 cm³/mol. The quantitative estimate of drug-likeness (QED) is 0.570. The standard InChI is InChI=1S/C10H12ClF/c1-3-4-8-7(2)5-6-9(8)10(11)12/h3H,1,4-6H2,2H3. The molecule has 66 valence electrons. The van der Waals surface area contributed by atoms with E-state index >= 15 is 0 Å². The molecule has 0 aliphatic heterocycles. The van der Waals surface area contributed by atoms with Crippen LogP contribution in [0.2, 0.25) is 0 Å². The third-order valence-electron chi connectivity index (χ3n) is 2.21. The smallest absolute Gasteiger partial charge is 0.192 e. The molecular formula is C10H12ClF. The minimum atomic E-state index is -0.552. The van der Waals surface area contributed by atoms with E-state index in [0.29, 0.717) is 5.57 Å². The zero-order chi connectivity index (χ0) is 9.14. The van der Waals surface area contributed by atoms with Crippen molar-refractivity contribution in [3.8, 4) is 0 Å². The fourth-order valence-corrected chi connectivity index (χ4v) is 1.73. The summed E-state index contributed by atoms with van der Waals surface area (Å²) in [7, 11) is 0. The Labute approximate surface area is 77.4 Å². The van der Waals surface area contributed by atoms with Gasteiger partial charge in [0.05, 0.1) is 0 Å². The highest BCUT2D eigenvalue weighted by Gasteiger charge is 2.18. The summed E-state index contributed by atoms with van der Waals surface area (Å²) < 4.78 is 12.7. The highest BCUT2D eigenvalue weighted by molar-refractivity contribution is 6.28. The number of rotatable bonds is 2. The molecule has 12 heavy (non-hydrogen) atoms. The summed E-state index contributed by atoms with van der Waals surface area (Å²) in [5.74, 6) is 0. The maximum Gasteiger partial charge on any atom is 0.192 e. The van der Waals surface area contributed by atoms with Crippen LogP contribution in [0.1, 0.15) is 26.2 Å². The van der Waals surface area contributed by atoms with Gasteiger partial charge in [0, 0.05) is 5.57 Å². The Kier molecular flexibility index (Phi) is 3.10. The van der Waals surface area contributed by atoms with E-state index in [2.05, 4.69) is 6.58 Å². The molecule has 1 aliphatic rings. The average molecular weight is 187 g/mol. The van der Waals surface area contributed by atoms with Gasteiger partial charge in [0.25, 0.3) is 0 Å². The molecule has 0 saturated heterocycles. The van der Waals surface area contributed by atoms with Crippen molar-refractivity contribution in [3.05, 3.63) is 34.7 Å². The number of hydrogen-bond acceptors (Lipinski definition) is 0. The van der Waals surface area contributed by atoms with Gasteiger partial charge < -0.3 is 0 Å². The van der Waals surface area contributed by atoms with E-state index < -0.39 is 5.29 Å². The third kappa shape index (κ3) is 1.78. The fourth-order valence-electron chi connectivity index (χ4n) is 1.52. The minimum Gasteiger partial charge on any atom is -0.193 e. The van der Waals surface area contributed by atoms with Crippen LogP contribution in [0.15, 0.2) is 34.7 Å². The molecule has 0 bridgehead atoms. The molecular weight excluding hydrogens is 175 g/mol. The lowest BCUT2D eigenvalue weighted by molar-refractivity contribution is 0.678. The first-order valence-electron chi connectivity index (χ1n) is 4.01. The highest BCUT2D eigenvalue weighted by atomic mass is 35.5. The van der Waals surface area contributed by atoms with Gasteiger partial charge in [0.1, 0.15) is 0 Å². The first-order valence-corrected chi connectivity index (χ1v) is 4.38. The maximum atomic E-state index is 12.7. The zero-order valence-corrected chi connectivity index (χ0v) is 7.92. The molecule has 0 unspecified atom stereocenters. The molecule has 0 saturated carbocycles. The molecule has 0 aromatic carbocycles. The summed E-state index contributed by atoms with van der Waals surface area (Å²) in [6.45, 7) is 5.65. The van der Waals surface area contributed by atoms with Crippen LogP contribution in [0.3, 0.4) is 0 Å². The van der Waals surface area contributed by atoms with Crippen LogP contribution in [-0.2, 0) is 0 Å². The van der Waals surface area contributed by atoms with Gasteiger partial charge in [0.2, 0.25) is 0 Å². The first kappa shape index (κ1) is 9.53. The van der Waals surface area contributed by atoms with Crippen molar-refractivity contribution in [1.29, 1.82) is 0 Å². The van der Waals surface area contributed by atoms with Crippen LogP contribution in [0.25, 0.3) is 0 Å². The highest BCUT2D eigenvalue weighted by Crippen LogP contribution is 2.36. The van der Waals surface area contributed by atoms with E-state index in [1.165, 1.54) is 5.57 Å². The van der Waals surface area contributed by atoms with Crippen LogP contribution < -0.4 is 0 Å². The number of hydrogen-bond donors (Lipinski definition) is 0. The minimum absolute atomic E-state index is 0.552. The zero-order valence-electron chi connectivity index (χ0n) is 7.16. The van der Waals surface area contributed by atoms with Crippen LogP contribution in [0, 0.1) is 0 Å². The lowest BCUT2D eigenvalue weighted by Crippen LogP contribution is -1.84. The second-order valence-corrected chi connectivity index (χ2v) is 3.32. The molecule has 0 aromatic heterocycles.